The minimum absolute atomic E-state index is 0.0354. The Morgan fingerprint density at radius 3 is 2.69 bits per heavy atom. The first-order chi connectivity index (χ1) is 12.5. The number of aromatic nitrogens is 1. The first-order valence-corrected chi connectivity index (χ1v) is 8.61. The first-order valence-electron chi connectivity index (χ1n) is 8.61. The fourth-order valence-electron chi connectivity index (χ4n) is 3.83. The largest absolute Gasteiger partial charge is 0.496 e. The van der Waals surface area contributed by atoms with E-state index in [0.29, 0.717) is 37.1 Å². The van der Waals surface area contributed by atoms with Crippen LogP contribution in [0, 0.1) is 0 Å². The Balaban J connectivity index is 1.43. The van der Waals surface area contributed by atoms with E-state index in [9.17, 15) is 14.4 Å². The van der Waals surface area contributed by atoms with Gasteiger partial charge in [-0.1, -0.05) is 6.07 Å². The predicted molar refractivity (Wildman–Crippen MR) is 94.0 cm³/mol. The van der Waals surface area contributed by atoms with Crippen molar-refractivity contribution in [1.29, 1.82) is 0 Å². The van der Waals surface area contributed by atoms with E-state index in [2.05, 4.69) is 20.9 Å². The summed E-state index contributed by atoms with van der Waals surface area (Å²) < 4.78 is 5.32. The molecule has 136 valence electrons. The Labute approximate surface area is 149 Å². The molecule has 0 atom stereocenters. The third-order valence-electron chi connectivity index (χ3n) is 5.28. The average molecular weight is 356 g/mol. The standard InChI is InChI=1S/C18H20N4O4/c1-26-14-4-2-3-12-11(14)9-13(20-12)15(23)19-10-5-7-18(8-6-10)16(24)21-17(25)22-18/h2-4,9-10,20H,5-8H2,1H3,(H,19,23)(H2,21,22,24,25). The molecule has 4 amide bonds. The molecule has 8 heteroatoms. The SMILES string of the molecule is COc1cccc2[nH]c(C(=O)NC3CCC4(CC3)NC(=O)NC4=O)cc12. The summed E-state index contributed by atoms with van der Waals surface area (Å²) in [5.74, 6) is 0.250. The zero-order chi connectivity index (χ0) is 18.3. The quantitative estimate of drug-likeness (QED) is 0.623. The fourth-order valence-corrected chi connectivity index (χ4v) is 3.83. The molecule has 26 heavy (non-hydrogen) atoms. The maximum Gasteiger partial charge on any atom is 0.322 e. The highest BCUT2D eigenvalue weighted by atomic mass is 16.5. The number of hydrogen-bond donors (Lipinski definition) is 4. The Hall–Kier alpha value is -3.03. The Morgan fingerprint density at radius 2 is 2.04 bits per heavy atom. The number of hydrogen-bond acceptors (Lipinski definition) is 4. The molecule has 1 aliphatic carbocycles. The van der Waals surface area contributed by atoms with Crippen LogP contribution in [0.5, 0.6) is 5.75 Å². The molecule has 0 radical (unpaired) electrons. The van der Waals surface area contributed by atoms with E-state index in [0.717, 1.165) is 10.9 Å². The van der Waals surface area contributed by atoms with E-state index < -0.39 is 11.6 Å². The van der Waals surface area contributed by atoms with Crippen LogP contribution in [0.15, 0.2) is 24.3 Å². The lowest BCUT2D eigenvalue weighted by Crippen LogP contribution is -2.52. The van der Waals surface area contributed by atoms with Gasteiger partial charge in [-0.15, -0.1) is 0 Å². The summed E-state index contributed by atoms with van der Waals surface area (Å²) in [6.45, 7) is 0. The normalized spacial score (nSPS) is 25.2. The lowest BCUT2D eigenvalue weighted by molar-refractivity contribution is -0.125. The van der Waals surface area contributed by atoms with Gasteiger partial charge in [-0.05, 0) is 43.9 Å². The summed E-state index contributed by atoms with van der Waals surface area (Å²) in [6.07, 6.45) is 2.28. The molecule has 4 rings (SSSR count). The van der Waals surface area contributed by atoms with E-state index in [1.807, 2.05) is 18.2 Å². The topological polar surface area (TPSA) is 112 Å². The summed E-state index contributed by atoms with van der Waals surface area (Å²) in [4.78, 5) is 39.0. The molecule has 0 bridgehead atoms. The Morgan fingerprint density at radius 1 is 1.27 bits per heavy atom. The van der Waals surface area contributed by atoms with Crippen molar-refractivity contribution in [2.75, 3.05) is 7.11 Å². The zero-order valence-electron chi connectivity index (χ0n) is 14.3. The van der Waals surface area contributed by atoms with Gasteiger partial charge in [0, 0.05) is 16.9 Å². The Kier molecular flexibility index (Phi) is 3.82. The molecule has 0 unspecified atom stereocenters. The van der Waals surface area contributed by atoms with Crippen molar-refractivity contribution >= 4 is 28.7 Å². The van der Waals surface area contributed by atoms with Gasteiger partial charge in [0.1, 0.15) is 17.0 Å². The average Bonchev–Trinajstić information content (AvgIpc) is 3.18. The van der Waals surface area contributed by atoms with Crippen molar-refractivity contribution in [1.82, 2.24) is 20.9 Å². The number of amides is 4. The van der Waals surface area contributed by atoms with Gasteiger partial charge in [0.2, 0.25) is 0 Å². The molecule has 1 saturated carbocycles. The molecule has 2 aromatic rings. The van der Waals surface area contributed by atoms with E-state index in [-0.39, 0.29) is 17.9 Å². The highest BCUT2D eigenvalue weighted by molar-refractivity contribution is 6.07. The van der Waals surface area contributed by atoms with E-state index in [4.69, 9.17) is 4.74 Å². The molecule has 1 aliphatic heterocycles. The molecule has 8 nitrogen and oxygen atoms in total. The van der Waals surface area contributed by atoms with Crippen LogP contribution >= 0.6 is 0 Å². The molecule has 2 heterocycles. The van der Waals surface area contributed by atoms with Crippen molar-refractivity contribution in [3.63, 3.8) is 0 Å². The minimum atomic E-state index is -0.813. The van der Waals surface area contributed by atoms with E-state index in [1.54, 1.807) is 13.2 Å². The van der Waals surface area contributed by atoms with Crippen LogP contribution < -0.4 is 20.7 Å². The van der Waals surface area contributed by atoms with Crippen LogP contribution in [0.1, 0.15) is 36.2 Å². The number of carbonyl (C=O) groups excluding carboxylic acids is 3. The summed E-state index contributed by atoms with van der Waals surface area (Å²) in [5.41, 5.74) is 0.492. The molecular formula is C18H20N4O4. The molecule has 2 fully saturated rings. The van der Waals surface area contributed by atoms with Crippen molar-refractivity contribution < 1.29 is 19.1 Å². The highest BCUT2D eigenvalue weighted by Gasteiger charge is 2.48. The number of H-pyrrole nitrogens is 1. The molecule has 1 aromatic carbocycles. The molecule has 1 saturated heterocycles. The number of aromatic amines is 1. The van der Waals surface area contributed by atoms with Gasteiger partial charge in [0.05, 0.1) is 7.11 Å². The zero-order valence-corrected chi connectivity index (χ0v) is 14.3. The number of fused-ring (bicyclic) bond motifs is 1. The van der Waals surface area contributed by atoms with Gasteiger partial charge in [0.15, 0.2) is 0 Å². The second-order valence-corrected chi connectivity index (χ2v) is 6.84. The van der Waals surface area contributed by atoms with Crippen molar-refractivity contribution in [2.24, 2.45) is 0 Å². The summed E-state index contributed by atoms with van der Waals surface area (Å²) >= 11 is 0. The summed E-state index contributed by atoms with van der Waals surface area (Å²) in [6, 6.07) is 6.90. The lowest BCUT2D eigenvalue weighted by atomic mass is 9.79. The molecule has 2 aliphatic rings. The van der Waals surface area contributed by atoms with Crippen LogP contribution in [-0.2, 0) is 4.79 Å². The molecule has 1 aromatic heterocycles. The monoisotopic (exact) mass is 356 g/mol. The van der Waals surface area contributed by atoms with Crippen LogP contribution in [0.4, 0.5) is 4.79 Å². The number of imide groups is 1. The van der Waals surface area contributed by atoms with Crippen molar-refractivity contribution in [3.8, 4) is 5.75 Å². The van der Waals surface area contributed by atoms with E-state index in [1.165, 1.54) is 0 Å². The molecule has 4 N–H and O–H groups in total. The smallest absolute Gasteiger partial charge is 0.322 e. The fraction of sp³-hybridized carbons (Fsp3) is 0.389. The number of benzene rings is 1. The van der Waals surface area contributed by atoms with Crippen molar-refractivity contribution in [3.05, 3.63) is 30.0 Å². The number of nitrogens with one attached hydrogen (secondary N) is 4. The summed E-state index contributed by atoms with van der Waals surface area (Å²) in [7, 11) is 1.59. The molecule has 1 spiro atoms. The van der Waals surface area contributed by atoms with Gasteiger partial charge < -0.3 is 20.4 Å². The second kappa shape index (κ2) is 6.05. The first kappa shape index (κ1) is 16.4. The summed E-state index contributed by atoms with van der Waals surface area (Å²) in [5, 5.41) is 8.88. The predicted octanol–water partition coefficient (Wildman–Crippen LogP) is 1.43. The van der Waals surface area contributed by atoms with Crippen LogP contribution in [0.2, 0.25) is 0 Å². The van der Waals surface area contributed by atoms with Gasteiger partial charge in [0.25, 0.3) is 11.8 Å². The third-order valence-corrected chi connectivity index (χ3v) is 5.28. The maximum absolute atomic E-state index is 12.6. The number of urea groups is 1. The van der Waals surface area contributed by atoms with Gasteiger partial charge in [-0.3, -0.25) is 14.9 Å². The lowest BCUT2D eigenvalue weighted by Gasteiger charge is -2.34. The minimum Gasteiger partial charge on any atom is -0.496 e. The highest BCUT2D eigenvalue weighted by Crippen LogP contribution is 2.31. The van der Waals surface area contributed by atoms with Gasteiger partial charge in [-0.2, -0.15) is 0 Å². The van der Waals surface area contributed by atoms with E-state index >= 15 is 0 Å². The second-order valence-electron chi connectivity index (χ2n) is 6.84. The van der Waals surface area contributed by atoms with Crippen LogP contribution in [-0.4, -0.2) is 41.5 Å². The maximum atomic E-state index is 12.6. The number of carbonyl (C=O) groups is 3. The number of rotatable bonds is 3. The Bertz CT molecular complexity index is 896. The van der Waals surface area contributed by atoms with Crippen molar-refractivity contribution in [2.45, 2.75) is 37.3 Å². The van der Waals surface area contributed by atoms with Gasteiger partial charge in [-0.25, -0.2) is 4.79 Å². The van der Waals surface area contributed by atoms with Crippen LogP contribution in [0.3, 0.4) is 0 Å². The number of ether oxygens (including phenoxy) is 1. The number of methoxy groups -OCH3 is 1. The van der Waals surface area contributed by atoms with Crippen LogP contribution in [0.25, 0.3) is 10.9 Å². The molecular weight excluding hydrogens is 336 g/mol. The van der Waals surface area contributed by atoms with Gasteiger partial charge >= 0.3 is 6.03 Å². The third kappa shape index (κ3) is 2.67.